The fraction of sp³-hybridized carbons (Fsp3) is 0.370. The number of rotatable bonds is 7. The molecule has 3 aromatic rings. The van der Waals surface area contributed by atoms with Crippen LogP contribution in [0, 0.1) is 5.82 Å². The van der Waals surface area contributed by atoms with E-state index >= 15 is 0 Å². The van der Waals surface area contributed by atoms with Crippen LogP contribution in [0.5, 0.6) is 0 Å². The van der Waals surface area contributed by atoms with E-state index in [1.807, 2.05) is 30.5 Å². The molecule has 2 heterocycles. The van der Waals surface area contributed by atoms with Gasteiger partial charge in [0.2, 0.25) is 5.91 Å². The summed E-state index contributed by atoms with van der Waals surface area (Å²) in [6, 6.07) is 12.7. The minimum atomic E-state index is -0.713. The number of nitrogens with zero attached hydrogens (tertiary/aromatic N) is 2. The molecule has 35 heavy (non-hydrogen) atoms. The summed E-state index contributed by atoms with van der Waals surface area (Å²) in [5, 5.41) is 3.75. The second kappa shape index (κ2) is 9.90. The Bertz CT molecular complexity index is 1230. The van der Waals surface area contributed by atoms with Gasteiger partial charge in [-0.3, -0.25) is 14.5 Å². The molecule has 7 nitrogen and oxygen atoms in total. The van der Waals surface area contributed by atoms with Crippen LogP contribution in [-0.4, -0.2) is 51.3 Å². The quantitative estimate of drug-likeness (QED) is 0.503. The highest BCUT2D eigenvalue weighted by molar-refractivity contribution is 6.06. The SMILES string of the molecule is O=C1N[C@@H](Cc2c[nH]c3ccccc23)C(=O)N1CC(=O)N(Cc1ccc(F)cc1)C1CCCCC1. The molecule has 1 saturated heterocycles. The molecule has 182 valence electrons. The summed E-state index contributed by atoms with van der Waals surface area (Å²) in [4.78, 5) is 45.2. The number of aromatic amines is 1. The Morgan fingerprint density at radius 1 is 1.03 bits per heavy atom. The molecule has 1 aromatic heterocycles. The second-order valence-corrected chi connectivity index (χ2v) is 9.43. The van der Waals surface area contributed by atoms with Gasteiger partial charge < -0.3 is 15.2 Å². The molecule has 0 spiro atoms. The Balaban J connectivity index is 1.30. The van der Waals surface area contributed by atoms with Gasteiger partial charge in [0.05, 0.1) is 0 Å². The van der Waals surface area contributed by atoms with Gasteiger partial charge in [0.1, 0.15) is 18.4 Å². The third kappa shape index (κ3) is 4.92. The van der Waals surface area contributed by atoms with Crippen LogP contribution < -0.4 is 5.32 Å². The highest BCUT2D eigenvalue weighted by Crippen LogP contribution is 2.26. The van der Waals surface area contributed by atoms with Crippen LogP contribution in [0.15, 0.2) is 54.7 Å². The Morgan fingerprint density at radius 3 is 2.54 bits per heavy atom. The van der Waals surface area contributed by atoms with Crippen molar-refractivity contribution >= 4 is 28.7 Å². The summed E-state index contributed by atoms with van der Waals surface area (Å²) in [7, 11) is 0. The number of para-hydroxylation sites is 1. The minimum Gasteiger partial charge on any atom is -0.361 e. The van der Waals surface area contributed by atoms with Crippen LogP contribution in [0.3, 0.4) is 0 Å². The molecule has 1 atom stereocenters. The average Bonchev–Trinajstić information content (AvgIpc) is 3.40. The predicted octanol–water partition coefficient (Wildman–Crippen LogP) is 4.13. The number of fused-ring (bicyclic) bond motifs is 1. The largest absolute Gasteiger partial charge is 0.361 e. The van der Waals surface area contributed by atoms with Gasteiger partial charge in [-0.25, -0.2) is 9.18 Å². The first-order valence-electron chi connectivity index (χ1n) is 12.2. The first kappa shape index (κ1) is 23.1. The molecule has 5 rings (SSSR count). The molecular formula is C27H29FN4O3. The predicted molar refractivity (Wildman–Crippen MR) is 130 cm³/mol. The first-order valence-corrected chi connectivity index (χ1v) is 12.2. The van der Waals surface area contributed by atoms with Crippen LogP contribution in [0.25, 0.3) is 10.9 Å². The number of halogens is 1. The molecule has 4 amide bonds. The van der Waals surface area contributed by atoms with Gasteiger partial charge in [-0.15, -0.1) is 0 Å². The summed E-state index contributed by atoms with van der Waals surface area (Å²) >= 11 is 0. The number of hydrogen-bond acceptors (Lipinski definition) is 3. The van der Waals surface area contributed by atoms with Gasteiger partial charge in [0.25, 0.3) is 5.91 Å². The van der Waals surface area contributed by atoms with Crippen molar-refractivity contribution in [1.82, 2.24) is 20.1 Å². The minimum absolute atomic E-state index is 0.0455. The van der Waals surface area contributed by atoms with Crippen LogP contribution in [-0.2, 0) is 22.6 Å². The number of aromatic nitrogens is 1. The number of urea groups is 1. The van der Waals surface area contributed by atoms with Crippen molar-refractivity contribution in [3.8, 4) is 0 Å². The van der Waals surface area contributed by atoms with Crippen molar-refractivity contribution in [3.63, 3.8) is 0 Å². The molecule has 1 aliphatic heterocycles. The molecule has 0 unspecified atom stereocenters. The Morgan fingerprint density at radius 2 is 1.77 bits per heavy atom. The number of amides is 4. The zero-order valence-electron chi connectivity index (χ0n) is 19.5. The number of carbonyl (C=O) groups is 3. The van der Waals surface area contributed by atoms with E-state index in [0.29, 0.717) is 13.0 Å². The lowest BCUT2D eigenvalue weighted by Crippen LogP contribution is -2.47. The number of nitrogens with one attached hydrogen (secondary N) is 2. The van der Waals surface area contributed by atoms with E-state index in [0.717, 1.165) is 59.0 Å². The molecule has 0 radical (unpaired) electrons. The number of imide groups is 1. The number of benzene rings is 2. The van der Waals surface area contributed by atoms with Gasteiger partial charge in [0, 0.05) is 36.1 Å². The van der Waals surface area contributed by atoms with E-state index in [-0.39, 0.29) is 30.2 Å². The van der Waals surface area contributed by atoms with Crippen LogP contribution in [0.1, 0.15) is 43.2 Å². The Kier molecular flexibility index (Phi) is 6.53. The molecular weight excluding hydrogens is 447 g/mol. The fourth-order valence-electron chi connectivity index (χ4n) is 5.21. The lowest BCUT2D eigenvalue weighted by Gasteiger charge is -2.35. The van der Waals surface area contributed by atoms with Gasteiger partial charge >= 0.3 is 6.03 Å². The van der Waals surface area contributed by atoms with Crippen LogP contribution in [0.2, 0.25) is 0 Å². The van der Waals surface area contributed by atoms with Gasteiger partial charge in [-0.05, 0) is 42.2 Å². The van der Waals surface area contributed by atoms with E-state index in [1.165, 1.54) is 12.1 Å². The average molecular weight is 477 g/mol. The molecule has 2 N–H and O–H groups in total. The molecule has 2 aromatic carbocycles. The van der Waals surface area contributed by atoms with E-state index in [9.17, 15) is 18.8 Å². The lowest BCUT2D eigenvalue weighted by molar-refractivity contribution is -0.140. The number of H-pyrrole nitrogens is 1. The normalized spacial score (nSPS) is 18.8. The van der Waals surface area contributed by atoms with E-state index in [2.05, 4.69) is 10.3 Å². The Labute approximate surface area is 203 Å². The topological polar surface area (TPSA) is 85.5 Å². The van der Waals surface area contributed by atoms with Gasteiger partial charge in [-0.1, -0.05) is 49.6 Å². The molecule has 8 heteroatoms. The smallest absolute Gasteiger partial charge is 0.325 e. The zero-order chi connectivity index (χ0) is 24.4. The summed E-state index contributed by atoms with van der Waals surface area (Å²) in [6.45, 7) is 0.0267. The van der Waals surface area contributed by atoms with Crippen molar-refractivity contribution in [3.05, 3.63) is 71.7 Å². The molecule has 0 bridgehead atoms. The molecule has 2 fully saturated rings. The van der Waals surface area contributed by atoms with Gasteiger partial charge in [0.15, 0.2) is 0 Å². The van der Waals surface area contributed by atoms with Gasteiger partial charge in [-0.2, -0.15) is 0 Å². The van der Waals surface area contributed by atoms with Crippen molar-refractivity contribution in [2.24, 2.45) is 0 Å². The monoisotopic (exact) mass is 476 g/mol. The Hall–Kier alpha value is -3.68. The third-order valence-corrected chi connectivity index (χ3v) is 7.10. The molecule has 2 aliphatic rings. The summed E-state index contributed by atoms with van der Waals surface area (Å²) < 4.78 is 13.4. The summed E-state index contributed by atoms with van der Waals surface area (Å²) in [6.07, 6.45) is 7.18. The van der Waals surface area contributed by atoms with Crippen LogP contribution in [0.4, 0.5) is 9.18 Å². The fourth-order valence-corrected chi connectivity index (χ4v) is 5.21. The van der Waals surface area contributed by atoms with Crippen molar-refractivity contribution in [1.29, 1.82) is 0 Å². The first-order chi connectivity index (χ1) is 17.0. The maximum Gasteiger partial charge on any atom is 0.325 e. The van der Waals surface area contributed by atoms with Crippen molar-refractivity contribution < 1.29 is 18.8 Å². The number of carbonyl (C=O) groups excluding carboxylic acids is 3. The maximum atomic E-state index is 13.4. The lowest BCUT2D eigenvalue weighted by atomic mass is 9.93. The third-order valence-electron chi connectivity index (χ3n) is 7.10. The highest BCUT2D eigenvalue weighted by atomic mass is 19.1. The standard InChI is InChI=1S/C27H29FN4O3/c28-20-12-10-18(11-13-20)16-31(21-6-2-1-3-7-21)25(33)17-32-26(34)24(30-27(32)35)14-19-15-29-23-9-5-4-8-22(19)23/h4-5,8-13,15,21,24,29H,1-3,6-7,14,16-17H2,(H,30,35)/t24-/m0/s1. The van der Waals surface area contributed by atoms with Crippen molar-refractivity contribution in [2.45, 2.75) is 57.2 Å². The van der Waals surface area contributed by atoms with Crippen LogP contribution >= 0.6 is 0 Å². The van der Waals surface area contributed by atoms with E-state index in [1.54, 1.807) is 17.0 Å². The van der Waals surface area contributed by atoms with E-state index < -0.39 is 12.1 Å². The second-order valence-electron chi connectivity index (χ2n) is 9.43. The number of hydrogen-bond donors (Lipinski definition) is 2. The molecule has 1 saturated carbocycles. The molecule has 1 aliphatic carbocycles. The summed E-state index contributed by atoms with van der Waals surface area (Å²) in [5.74, 6) is -0.985. The highest BCUT2D eigenvalue weighted by Gasteiger charge is 2.40. The summed E-state index contributed by atoms with van der Waals surface area (Å²) in [5.41, 5.74) is 2.72. The zero-order valence-corrected chi connectivity index (χ0v) is 19.5. The van der Waals surface area contributed by atoms with Crippen molar-refractivity contribution in [2.75, 3.05) is 6.54 Å². The van der Waals surface area contributed by atoms with E-state index in [4.69, 9.17) is 0 Å². The maximum absolute atomic E-state index is 13.4.